The van der Waals surface area contributed by atoms with E-state index in [1.807, 2.05) is 0 Å². The number of hydrogen-bond acceptors (Lipinski definition) is 2. The lowest BCUT2D eigenvalue weighted by molar-refractivity contribution is -0.904. The van der Waals surface area contributed by atoms with Crippen LogP contribution in [-0.2, 0) is 4.79 Å². The fraction of sp³-hybridized carbons (Fsp3) is 0.571. The maximum Gasteiger partial charge on any atom is 0.280 e. The highest BCUT2D eigenvalue weighted by atomic mass is 35.5. The number of halogens is 2. The molecule has 1 aromatic rings. The van der Waals surface area contributed by atoms with E-state index >= 15 is 0 Å². The van der Waals surface area contributed by atoms with Crippen molar-refractivity contribution in [3.05, 3.63) is 22.3 Å². The zero-order valence-corrected chi connectivity index (χ0v) is 13.3. The molecule has 2 atom stereocenters. The van der Waals surface area contributed by atoms with Gasteiger partial charge in [-0.25, -0.2) is 4.98 Å². The Morgan fingerprint density at radius 2 is 2.05 bits per heavy atom. The van der Waals surface area contributed by atoms with E-state index in [0.717, 1.165) is 13.1 Å². The lowest BCUT2D eigenvalue weighted by Gasteiger charge is -2.31. The van der Waals surface area contributed by atoms with E-state index in [4.69, 9.17) is 23.2 Å². The van der Waals surface area contributed by atoms with Crippen molar-refractivity contribution in [3.8, 4) is 0 Å². The lowest BCUT2D eigenvalue weighted by Crippen LogP contribution is -3.15. The Balaban J connectivity index is 1.92. The highest BCUT2D eigenvalue weighted by Crippen LogP contribution is 2.22. The number of hydrogen-bond donors (Lipinski definition) is 2. The van der Waals surface area contributed by atoms with E-state index in [2.05, 4.69) is 24.1 Å². The van der Waals surface area contributed by atoms with Gasteiger partial charge in [-0.15, -0.1) is 0 Å². The molecule has 20 heavy (non-hydrogen) atoms. The van der Waals surface area contributed by atoms with Gasteiger partial charge in [0.15, 0.2) is 12.4 Å². The monoisotopic (exact) mass is 316 g/mol. The number of likely N-dealkylation sites (tertiary alicyclic amines) is 1. The maximum atomic E-state index is 12.1. The van der Waals surface area contributed by atoms with Crippen molar-refractivity contribution < 1.29 is 9.69 Å². The van der Waals surface area contributed by atoms with Gasteiger partial charge in [-0.3, -0.25) is 4.79 Å². The molecule has 1 fully saturated rings. The molecule has 0 aromatic carbocycles. The number of quaternary nitrogens is 1. The van der Waals surface area contributed by atoms with Crippen LogP contribution in [-0.4, -0.2) is 30.5 Å². The maximum absolute atomic E-state index is 12.1. The highest BCUT2D eigenvalue weighted by molar-refractivity contribution is 6.36. The normalized spacial score (nSPS) is 26.3. The zero-order valence-electron chi connectivity index (χ0n) is 11.7. The van der Waals surface area contributed by atoms with E-state index in [1.165, 1.54) is 17.5 Å². The van der Waals surface area contributed by atoms with Gasteiger partial charge in [-0.2, -0.15) is 0 Å². The number of anilines is 1. The van der Waals surface area contributed by atoms with E-state index in [1.54, 1.807) is 6.07 Å². The fourth-order valence-corrected chi connectivity index (χ4v) is 3.40. The summed E-state index contributed by atoms with van der Waals surface area (Å²) < 4.78 is 0. The summed E-state index contributed by atoms with van der Waals surface area (Å²) in [7, 11) is 0. The summed E-state index contributed by atoms with van der Waals surface area (Å²) in [5, 5.41) is 3.57. The third-order valence-corrected chi connectivity index (χ3v) is 4.05. The summed E-state index contributed by atoms with van der Waals surface area (Å²) in [5.41, 5.74) is 0. The summed E-state index contributed by atoms with van der Waals surface area (Å²) in [6.07, 6.45) is 2.72. The molecule has 1 amide bonds. The summed E-state index contributed by atoms with van der Waals surface area (Å²) in [6, 6.07) is 1.57. The van der Waals surface area contributed by atoms with Crippen LogP contribution < -0.4 is 10.2 Å². The van der Waals surface area contributed by atoms with Gasteiger partial charge in [0.25, 0.3) is 5.91 Å². The number of piperidine rings is 1. The number of pyridine rings is 1. The molecule has 0 spiro atoms. The molecule has 1 aliphatic heterocycles. The third kappa shape index (κ3) is 4.33. The molecule has 1 aliphatic rings. The zero-order chi connectivity index (χ0) is 14.7. The van der Waals surface area contributed by atoms with Crippen LogP contribution in [0.2, 0.25) is 10.0 Å². The second-order valence-corrected chi connectivity index (χ2v) is 6.66. The number of amides is 1. The van der Waals surface area contributed by atoms with E-state index < -0.39 is 0 Å². The minimum Gasteiger partial charge on any atom is -0.327 e. The minimum atomic E-state index is -0.0574. The standard InChI is InChI=1S/C14H19Cl2N3O/c1-9-3-10(2)7-19(6-9)8-13(20)18-14-12(16)4-11(15)5-17-14/h4-5,9-10H,3,6-8H2,1-2H3,(H,17,18,20)/p+1/t9-,10-/m1/s1. The number of nitrogens with one attached hydrogen (secondary N) is 2. The van der Waals surface area contributed by atoms with Crippen LogP contribution in [0, 0.1) is 11.8 Å². The average Bonchev–Trinajstić information content (AvgIpc) is 2.31. The second-order valence-electron chi connectivity index (χ2n) is 5.81. The van der Waals surface area contributed by atoms with E-state index in [-0.39, 0.29) is 5.91 Å². The topological polar surface area (TPSA) is 46.4 Å². The molecule has 6 heteroatoms. The first kappa shape index (κ1) is 15.5. The summed E-state index contributed by atoms with van der Waals surface area (Å²) in [6.45, 7) is 7.02. The Hall–Kier alpha value is -0.840. The van der Waals surface area contributed by atoms with Crippen molar-refractivity contribution in [3.63, 3.8) is 0 Å². The highest BCUT2D eigenvalue weighted by Gasteiger charge is 2.26. The van der Waals surface area contributed by atoms with Crippen LogP contribution in [0.25, 0.3) is 0 Å². The number of carbonyl (C=O) groups is 1. The molecule has 0 aliphatic carbocycles. The Morgan fingerprint density at radius 1 is 1.40 bits per heavy atom. The molecule has 0 unspecified atom stereocenters. The van der Waals surface area contributed by atoms with E-state index in [9.17, 15) is 4.79 Å². The Kier molecular flexibility index (Phi) is 5.24. The number of rotatable bonds is 3. The van der Waals surface area contributed by atoms with Crippen molar-refractivity contribution in [1.29, 1.82) is 0 Å². The van der Waals surface area contributed by atoms with Gasteiger partial charge in [0.05, 0.1) is 23.1 Å². The van der Waals surface area contributed by atoms with Crippen LogP contribution >= 0.6 is 23.2 Å². The molecule has 4 nitrogen and oxygen atoms in total. The molecule has 1 saturated heterocycles. The summed E-state index contributed by atoms with van der Waals surface area (Å²) in [5.74, 6) is 1.65. The summed E-state index contributed by atoms with van der Waals surface area (Å²) in [4.78, 5) is 17.4. The Labute approximate surface area is 129 Å². The van der Waals surface area contributed by atoms with Crippen LogP contribution in [0.4, 0.5) is 5.82 Å². The van der Waals surface area contributed by atoms with Crippen LogP contribution in [0.5, 0.6) is 0 Å². The van der Waals surface area contributed by atoms with Gasteiger partial charge < -0.3 is 10.2 Å². The predicted molar refractivity (Wildman–Crippen MR) is 81.4 cm³/mol. The smallest absolute Gasteiger partial charge is 0.280 e. The first-order valence-electron chi connectivity index (χ1n) is 6.88. The predicted octanol–water partition coefficient (Wildman–Crippen LogP) is 1.89. The molecule has 0 saturated carbocycles. The molecule has 110 valence electrons. The van der Waals surface area contributed by atoms with Crippen LogP contribution in [0.1, 0.15) is 20.3 Å². The van der Waals surface area contributed by atoms with Crippen LogP contribution in [0.3, 0.4) is 0 Å². The van der Waals surface area contributed by atoms with Gasteiger partial charge in [0.1, 0.15) is 0 Å². The SMILES string of the molecule is C[C@@H]1C[C@@H](C)C[NH+](CC(=O)Nc2ncc(Cl)cc2Cl)C1. The molecule has 0 bridgehead atoms. The van der Waals surface area contributed by atoms with Gasteiger partial charge in [-0.1, -0.05) is 37.0 Å². The molecule has 1 aromatic heterocycles. The van der Waals surface area contributed by atoms with Crippen molar-refractivity contribution in [2.24, 2.45) is 11.8 Å². The second kappa shape index (κ2) is 6.74. The van der Waals surface area contributed by atoms with Crippen molar-refractivity contribution in [2.75, 3.05) is 25.0 Å². The lowest BCUT2D eigenvalue weighted by atomic mass is 9.92. The largest absolute Gasteiger partial charge is 0.327 e. The van der Waals surface area contributed by atoms with Gasteiger partial charge in [-0.05, 0) is 12.5 Å². The van der Waals surface area contributed by atoms with Gasteiger partial charge in [0, 0.05) is 18.0 Å². The Bertz CT molecular complexity index is 485. The minimum absolute atomic E-state index is 0.0574. The molecule has 2 rings (SSSR count). The van der Waals surface area contributed by atoms with Crippen molar-refractivity contribution in [1.82, 2.24) is 4.98 Å². The third-order valence-electron chi connectivity index (χ3n) is 3.56. The quantitative estimate of drug-likeness (QED) is 0.894. The number of carbonyl (C=O) groups excluding carboxylic acids is 1. The number of aromatic nitrogens is 1. The Morgan fingerprint density at radius 3 is 2.65 bits per heavy atom. The fourth-order valence-electron chi connectivity index (χ4n) is 2.98. The molecular weight excluding hydrogens is 297 g/mol. The van der Waals surface area contributed by atoms with Crippen molar-refractivity contribution in [2.45, 2.75) is 20.3 Å². The first-order valence-corrected chi connectivity index (χ1v) is 7.64. The van der Waals surface area contributed by atoms with Crippen LogP contribution in [0.15, 0.2) is 12.3 Å². The average molecular weight is 317 g/mol. The van der Waals surface area contributed by atoms with Gasteiger partial charge in [0.2, 0.25) is 0 Å². The van der Waals surface area contributed by atoms with E-state index in [0.29, 0.717) is 34.2 Å². The molecule has 2 heterocycles. The molecule has 0 radical (unpaired) electrons. The van der Waals surface area contributed by atoms with Gasteiger partial charge >= 0.3 is 0 Å². The summed E-state index contributed by atoms with van der Waals surface area (Å²) >= 11 is 11.8. The molecular formula is C14H20Cl2N3O+. The first-order chi connectivity index (χ1) is 9.44. The van der Waals surface area contributed by atoms with Crippen molar-refractivity contribution >= 4 is 34.9 Å². The molecule has 2 N–H and O–H groups in total. The number of nitrogens with zero attached hydrogens (tertiary/aromatic N) is 1.